The van der Waals surface area contributed by atoms with Crippen LogP contribution in [0.4, 0.5) is 5.69 Å². The molecule has 1 aromatic rings. The molecule has 1 aliphatic heterocycles. The van der Waals surface area contributed by atoms with Gasteiger partial charge in [0.05, 0.1) is 13.2 Å². The maximum atomic E-state index is 12.4. The summed E-state index contributed by atoms with van der Waals surface area (Å²) in [6.45, 7) is 7.68. The first-order valence-electron chi connectivity index (χ1n) is 8.05. The van der Waals surface area contributed by atoms with Crippen LogP contribution in [0.2, 0.25) is 5.02 Å². The number of carbonyl (C=O) groups excluding carboxylic acids is 2. The van der Waals surface area contributed by atoms with Crippen LogP contribution in [0, 0.1) is 5.41 Å². The van der Waals surface area contributed by atoms with Crippen LogP contribution in [-0.2, 0) is 14.3 Å². The number of hydrogen-bond acceptors (Lipinski definition) is 4. The van der Waals surface area contributed by atoms with Crippen molar-refractivity contribution in [2.75, 3.05) is 44.7 Å². The Kier molecular flexibility index (Phi) is 6.60. The lowest BCUT2D eigenvalue weighted by Crippen LogP contribution is -2.48. The Bertz CT molecular complexity index is 569. The molecule has 2 rings (SSSR count). The predicted octanol–water partition coefficient (Wildman–Crippen LogP) is 1.75. The maximum Gasteiger partial charge on any atom is 0.239 e. The number of morpholine rings is 1. The first kappa shape index (κ1) is 18.7. The van der Waals surface area contributed by atoms with E-state index in [0.29, 0.717) is 17.3 Å². The average molecular weight is 354 g/mol. The molecule has 0 radical (unpaired) electrons. The third-order valence-electron chi connectivity index (χ3n) is 4.05. The van der Waals surface area contributed by atoms with Crippen molar-refractivity contribution in [3.8, 4) is 0 Å². The Labute approximate surface area is 147 Å². The second-order valence-corrected chi connectivity index (χ2v) is 6.73. The van der Waals surface area contributed by atoms with E-state index in [0.717, 1.165) is 32.8 Å². The molecule has 1 saturated heterocycles. The Hall–Kier alpha value is -1.63. The highest BCUT2D eigenvalue weighted by molar-refractivity contribution is 6.30. The van der Waals surface area contributed by atoms with E-state index in [1.165, 1.54) is 0 Å². The summed E-state index contributed by atoms with van der Waals surface area (Å²) in [5.41, 5.74) is -0.552. The molecule has 0 atom stereocenters. The van der Waals surface area contributed by atoms with Crippen LogP contribution < -0.4 is 10.6 Å². The Morgan fingerprint density at radius 1 is 1.17 bits per heavy atom. The molecule has 7 heteroatoms. The highest BCUT2D eigenvalue weighted by Gasteiger charge is 2.35. The van der Waals surface area contributed by atoms with Gasteiger partial charge in [0.25, 0.3) is 0 Å². The van der Waals surface area contributed by atoms with Crippen molar-refractivity contribution in [3.05, 3.63) is 29.3 Å². The highest BCUT2D eigenvalue weighted by atomic mass is 35.5. The summed E-state index contributed by atoms with van der Waals surface area (Å²) in [6, 6.07) is 6.78. The van der Waals surface area contributed by atoms with Gasteiger partial charge in [-0.1, -0.05) is 11.6 Å². The van der Waals surface area contributed by atoms with Gasteiger partial charge in [0.1, 0.15) is 5.41 Å². The number of ether oxygens (including phenoxy) is 1. The number of hydrogen-bond donors (Lipinski definition) is 2. The van der Waals surface area contributed by atoms with Gasteiger partial charge in [-0.25, -0.2) is 0 Å². The van der Waals surface area contributed by atoms with E-state index in [1.807, 2.05) is 0 Å². The Morgan fingerprint density at radius 2 is 1.79 bits per heavy atom. The first-order valence-corrected chi connectivity index (χ1v) is 8.43. The molecular weight excluding hydrogens is 330 g/mol. The summed E-state index contributed by atoms with van der Waals surface area (Å²) in [5.74, 6) is -0.643. The normalized spacial score (nSPS) is 15.8. The van der Waals surface area contributed by atoms with Gasteiger partial charge in [0, 0.05) is 36.9 Å². The van der Waals surface area contributed by atoms with E-state index in [9.17, 15) is 9.59 Å². The number of rotatable bonds is 6. The fraction of sp³-hybridized carbons (Fsp3) is 0.529. The number of nitrogens with zero attached hydrogens (tertiary/aromatic N) is 1. The Balaban J connectivity index is 1.81. The quantitative estimate of drug-likeness (QED) is 0.764. The molecule has 1 heterocycles. The number of amides is 2. The minimum absolute atomic E-state index is 0.290. The van der Waals surface area contributed by atoms with Crippen molar-refractivity contribution < 1.29 is 14.3 Å². The van der Waals surface area contributed by atoms with E-state index in [1.54, 1.807) is 38.1 Å². The van der Waals surface area contributed by atoms with Gasteiger partial charge in [-0.05, 0) is 38.1 Å². The standard InChI is InChI=1S/C17H24ClN3O3/c1-17(2,16(23)20-14-5-3-13(18)4-6-14)15(22)19-7-8-21-9-11-24-12-10-21/h3-6H,7-12H2,1-2H3,(H,19,22)(H,20,23). The molecule has 0 spiro atoms. The van der Waals surface area contributed by atoms with Gasteiger partial charge in [0.15, 0.2) is 0 Å². The SMILES string of the molecule is CC(C)(C(=O)NCCN1CCOCC1)C(=O)Nc1ccc(Cl)cc1. The summed E-state index contributed by atoms with van der Waals surface area (Å²) in [4.78, 5) is 27.0. The van der Waals surface area contributed by atoms with Crippen LogP contribution in [0.3, 0.4) is 0 Å². The van der Waals surface area contributed by atoms with Crippen LogP contribution in [0.5, 0.6) is 0 Å². The molecule has 1 aliphatic rings. The van der Waals surface area contributed by atoms with E-state index in [-0.39, 0.29) is 11.8 Å². The van der Waals surface area contributed by atoms with E-state index in [2.05, 4.69) is 15.5 Å². The number of carbonyl (C=O) groups is 2. The minimum atomic E-state index is -1.16. The van der Waals surface area contributed by atoms with Crippen molar-refractivity contribution >= 4 is 29.1 Å². The van der Waals surface area contributed by atoms with Crippen molar-refractivity contribution in [1.82, 2.24) is 10.2 Å². The van der Waals surface area contributed by atoms with E-state index in [4.69, 9.17) is 16.3 Å². The molecule has 132 valence electrons. The zero-order valence-corrected chi connectivity index (χ0v) is 14.9. The number of benzene rings is 1. The zero-order chi connectivity index (χ0) is 17.6. The monoisotopic (exact) mass is 353 g/mol. The fourth-order valence-corrected chi connectivity index (χ4v) is 2.42. The molecule has 0 aromatic heterocycles. The van der Waals surface area contributed by atoms with Gasteiger partial charge in [-0.2, -0.15) is 0 Å². The zero-order valence-electron chi connectivity index (χ0n) is 14.1. The fourth-order valence-electron chi connectivity index (χ4n) is 2.30. The van der Waals surface area contributed by atoms with E-state index >= 15 is 0 Å². The lowest BCUT2D eigenvalue weighted by atomic mass is 9.91. The third kappa shape index (κ3) is 5.19. The summed E-state index contributed by atoms with van der Waals surface area (Å²) in [7, 11) is 0. The smallest absolute Gasteiger partial charge is 0.239 e. The average Bonchev–Trinajstić information content (AvgIpc) is 2.57. The first-order chi connectivity index (χ1) is 11.4. The highest BCUT2D eigenvalue weighted by Crippen LogP contribution is 2.20. The van der Waals surface area contributed by atoms with Gasteiger partial charge in [-0.3, -0.25) is 14.5 Å². The van der Waals surface area contributed by atoms with Crippen molar-refractivity contribution in [2.45, 2.75) is 13.8 Å². The van der Waals surface area contributed by atoms with E-state index < -0.39 is 5.41 Å². The topological polar surface area (TPSA) is 70.7 Å². The van der Waals surface area contributed by atoms with Crippen LogP contribution in [0.25, 0.3) is 0 Å². The molecule has 0 unspecified atom stereocenters. The molecule has 1 aromatic carbocycles. The molecule has 2 amide bonds. The molecule has 24 heavy (non-hydrogen) atoms. The van der Waals surface area contributed by atoms with Gasteiger partial charge in [0.2, 0.25) is 11.8 Å². The molecule has 0 bridgehead atoms. The third-order valence-corrected chi connectivity index (χ3v) is 4.31. The molecule has 2 N–H and O–H groups in total. The molecular formula is C17H24ClN3O3. The summed E-state index contributed by atoms with van der Waals surface area (Å²) in [5, 5.41) is 6.18. The molecule has 1 fully saturated rings. The van der Waals surface area contributed by atoms with Crippen LogP contribution in [0.15, 0.2) is 24.3 Å². The van der Waals surface area contributed by atoms with Gasteiger partial charge in [-0.15, -0.1) is 0 Å². The predicted molar refractivity (Wildman–Crippen MR) is 94.1 cm³/mol. The van der Waals surface area contributed by atoms with Crippen LogP contribution in [0.1, 0.15) is 13.8 Å². The molecule has 0 aliphatic carbocycles. The second kappa shape index (κ2) is 8.46. The molecule has 0 saturated carbocycles. The summed E-state index contributed by atoms with van der Waals surface area (Å²) < 4.78 is 5.29. The van der Waals surface area contributed by atoms with Crippen molar-refractivity contribution in [2.24, 2.45) is 5.41 Å². The number of nitrogens with one attached hydrogen (secondary N) is 2. The van der Waals surface area contributed by atoms with Crippen molar-refractivity contribution in [3.63, 3.8) is 0 Å². The summed E-state index contributed by atoms with van der Waals surface area (Å²) >= 11 is 5.82. The van der Waals surface area contributed by atoms with Gasteiger partial charge < -0.3 is 15.4 Å². The minimum Gasteiger partial charge on any atom is -0.379 e. The number of halogens is 1. The van der Waals surface area contributed by atoms with Crippen molar-refractivity contribution in [1.29, 1.82) is 0 Å². The lowest BCUT2D eigenvalue weighted by molar-refractivity contribution is -0.138. The van der Waals surface area contributed by atoms with Crippen LogP contribution >= 0.6 is 11.6 Å². The largest absolute Gasteiger partial charge is 0.379 e. The van der Waals surface area contributed by atoms with Crippen LogP contribution in [-0.4, -0.2) is 56.1 Å². The summed E-state index contributed by atoms with van der Waals surface area (Å²) in [6.07, 6.45) is 0. The maximum absolute atomic E-state index is 12.4. The lowest BCUT2D eigenvalue weighted by Gasteiger charge is -2.27. The second-order valence-electron chi connectivity index (χ2n) is 6.30. The van der Waals surface area contributed by atoms with Gasteiger partial charge >= 0.3 is 0 Å². The Morgan fingerprint density at radius 3 is 2.42 bits per heavy atom. The number of anilines is 1. The molecule has 6 nitrogen and oxygen atoms in total.